The topological polar surface area (TPSA) is 41.1 Å². The summed E-state index contributed by atoms with van der Waals surface area (Å²) < 4.78 is 0. The van der Waals surface area contributed by atoms with Gasteiger partial charge >= 0.3 is 0 Å². The van der Waals surface area contributed by atoms with Gasteiger partial charge in [-0.2, -0.15) is 0 Å². The monoisotopic (exact) mass is 300 g/mol. The third-order valence-corrected chi connectivity index (χ3v) is 4.21. The van der Waals surface area contributed by atoms with Crippen LogP contribution in [0.4, 0.5) is 5.69 Å². The summed E-state index contributed by atoms with van der Waals surface area (Å²) in [5.41, 5.74) is 0.447. The molecule has 1 saturated heterocycles. The van der Waals surface area contributed by atoms with Gasteiger partial charge in [-0.3, -0.25) is 4.79 Å². The van der Waals surface area contributed by atoms with Crippen LogP contribution in [-0.4, -0.2) is 24.2 Å². The van der Waals surface area contributed by atoms with Gasteiger partial charge in [0.05, 0.1) is 5.54 Å². The fraction of sp³-hybridized carbons (Fsp3) is 0.500. The number of carbonyl (C=O) groups excluding carboxylic acids is 1. The largest absolute Gasteiger partial charge is 0.324 e. The number of amides is 1. The molecule has 1 heterocycles. The van der Waals surface area contributed by atoms with Crippen LogP contribution < -0.4 is 10.6 Å². The zero-order valence-corrected chi connectivity index (χ0v) is 13.0. The molecule has 106 valence electrons. The molecule has 19 heavy (non-hydrogen) atoms. The zero-order chi connectivity index (χ0) is 13.0. The first kappa shape index (κ1) is 16.3. The van der Waals surface area contributed by atoms with Crippen LogP contribution in [0.25, 0.3) is 0 Å². The summed E-state index contributed by atoms with van der Waals surface area (Å²) >= 11 is 1.70. The highest BCUT2D eigenvalue weighted by molar-refractivity contribution is 7.98. The molecular formula is C14H21ClN2OS. The fourth-order valence-corrected chi connectivity index (χ4v) is 2.60. The maximum Gasteiger partial charge on any atom is 0.244 e. The lowest BCUT2D eigenvalue weighted by Gasteiger charge is -2.33. The Morgan fingerprint density at radius 1 is 1.32 bits per heavy atom. The number of nitrogens with one attached hydrogen (secondary N) is 2. The zero-order valence-electron chi connectivity index (χ0n) is 11.4. The Balaban J connectivity index is 0.00000180. The lowest BCUT2D eigenvalue weighted by Crippen LogP contribution is -2.54. The standard InChI is InChI=1S/C14H20N2OS.ClH/c1-14(9-3-4-10-15-14)13(17)16-11-5-7-12(18-2)8-6-11;/h5-8,15H,3-4,9-10H2,1-2H3,(H,16,17);1H. The van der Waals surface area contributed by atoms with Crippen LogP contribution in [0.3, 0.4) is 0 Å². The van der Waals surface area contributed by atoms with Crippen LogP contribution in [0.5, 0.6) is 0 Å². The third kappa shape index (κ3) is 4.13. The average Bonchev–Trinajstić information content (AvgIpc) is 2.40. The number of rotatable bonds is 3. The van der Waals surface area contributed by atoms with E-state index in [2.05, 4.69) is 10.6 Å². The number of piperidine rings is 1. The van der Waals surface area contributed by atoms with Gasteiger partial charge in [-0.1, -0.05) is 0 Å². The summed E-state index contributed by atoms with van der Waals surface area (Å²) in [6.07, 6.45) is 5.22. The van der Waals surface area contributed by atoms with Crippen LogP contribution in [-0.2, 0) is 4.79 Å². The van der Waals surface area contributed by atoms with E-state index >= 15 is 0 Å². The highest BCUT2D eigenvalue weighted by Gasteiger charge is 2.34. The first-order valence-electron chi connectivity index (χ1n) is 6.34. The number of benzene rings is 1. The van der Waals surface area contributed by atoms with Crippen LogP contribution in [0, 0.1) is 0 Å². The number of thioether (sulfide) groups is 1. The van der Waals surface area contributed by atoms with Gasteiger partial charge in [0, 0.05) is 10.6 Å². The maximum atomic E-state index is 12.3. The first-order chi connectivity index (χ1) is 8.64. The Bertz CT molecular complexity index is 416. The first-order valence-corrected chi connectivity index (χ1v) is 7.57. The second kappa shape index (κ2) is 7.17. The van der Waals surface area contributed by atoms with Crippen LogP contribution in [0.1, 0.15) is 26.2 Å². The number of hydrogen-bond donors (Lipinski definition) is 2. The molecule has 1 aliphatic heterocycles. The Hall–Kier alpha value is -0.710. The quantitative estimate of drug-likeness (QED) is 0.842. The van der Waals surface area contributed by atoms with E-state index in [0.29, 0.717) is 0 Å². The Morgan fingerprint density at radius 2 is 2.00 bits per heavy atom. The van der Waals surface area contributed by atoms with Gasteiger partial charge in [0.15, 0.2) is 0 Å². The molecule has 2 rings (SSSR count). The molecule has 1 unspecified atom stereocenters. The molecule has 1 atom stereocenters. The maximum absolute atomic E-state index is 12.3. The van der Waals surface area contributed by atoms with E-state index in [1.54, 1.807) is 11.8 Å². The van der Waals surface area contributed by atoms with Gasteiger partial charge in [-0.15, -0.1) is 24.2 Å². The van der Waals surface area contributed by atoms with Crippen molar-refractivity contribution in [3.8, 4) is 0 Å². The van der Waals surface area contributed by atoms with Gasteiger partial charge in [0.1, 0.15) is 0 Å². The van der Waals surface area contributed by atoms with Crippen molar-refractivity contribution in [1.29, 1.82) is 0 Å². The molecule has 1 aromatic rings. The van der Waals surface area contributed by atoms with Gasteiger partial charge in [0.2, 0.25) is 5.91 Å². The molecule has 1 aliphatic rings. The van der Waals surface area contributed by atoms with E-state index in [9.17, 15) is 4.79 Å². The summed E-state index contributed by atoms with van der Waals surface area (Å²) in [6.45, 7) is 2.91. The summed E-state index contributed by atoms with van der Waals surface area (Å²) in [7, 11) is 0. The van der Waals surface area contributed by atoms with Gasteiger partial charge in [0.25, 0.3) is 0 Å². The highest BCUT2D eigenvalue weighted by Crippen LogP contribution is 2.22. The minimum atomic E-state index is -0.420. The lowest BCUT2D eigenvalue weighted by molar-refractivity contribution is -0.122. The van der Waals surface area contributed by atoms with Crippen molar-refractivity contribution in [1.82, 2.24) is 5.32 Å². The van der Waals surface area contributed by atoms with E-state index in [0.717, 1.165) is 31.5 Å². The van der Waals surface area contributed by atoms with Gasteiger partial charge in [-0.05, 0) is 63.3 Å². The van der Waals surface area contributed by atoms with Crippen molar-refractivity contribution in [2.45, 2.75) is 36.6 Å². The Labute approximate surface area is 125 Å². The van der Waals surface area contributed by atoms with Gasteiger partial charge < -0.3 is 10.6 Å². The highest BCUT2D eigenvalue weighted by atomic mass is 35.5. The van der Waals surface area contributed by atoms with Crippen LogP contribution in [0.2, 0.25) is 0 Å². The second-order valence-electron chi connectivity index (χ2n) is 4.90. The molecule has 3 nitrogen and oxygen atoms in total. The van der Waals surface area contributed by atoms with Crippen molar-refractivity contribution in [2.24, 2.45) is 0 Å². The molecule has 2 N–H and O–H groups in total. The number of halogens is 1. The van der Waals surface area contributed by atoms with Crippen molar-refractivity contribution < 1.29 is 4.79 Å². The normalized spacial score (nSPS) is 22.4. The molecule has 0 bridgehead atoms. The van der Waals surface area contributed by atoms with E-state index in [1.807, 2.05) is 37.4 Å². The summed E-state index contributed by atoms with van der Waals surface area (Å²) in [6, 6.07) is 7.96. The number of hydrogen-bond acceptors (Lipinski definition) is 3. The summed E-state index contributed by atoms with van der Waals surface area (Å²) in [5.74, 6) is 0.0686. The van der Waals surface area contributed by atoms with Crippen molar-refractivity contribution >= 4 is 35.8 Å². The van der Waals surface area contributed by atoms with Crippen molar-refractivity contribution in [2.75, 3.05) is 18.1 Å². The van der Waals surface area contributed by atoms with E-state index in [-0.39, 0.29) is 18.3 Å². The number of carbonyl (C=O) groups is 1. The molecule has 0 aromatic heterocycles. The molecule has 0 spiro atoms. The minimum absolute atomic E-state index is 0. The Morgan fingerprint density at radius 3 is 2.53 bits per heavy atom. The third-order valence-electron chi connectivity index (χ3n) is 3.47. The molecule has 1 fully saturated rings. The number of anilines is 1. The molecule has 1 amide bonds. The van der Waals surface area contributed by atoms with E-state index < -0.39 is 5.54 Å². The van der Waals surface area contributed by atoms with Crippen molar-refractivity contribution in [3.63, 3.8) is 0 Å². The summed E-state index contributed by atoms with van der Waals surface area (Å²) in [5, 5.41) is 6.31. The van der Waals surface area contributed by atoms with Crippen LogP contribution >= 0.6 is 24.2 Å². The minimum Gasteiger partial charge on any atom is -0.324 e. The predicted molar refractivity (Wildman–Crippen MR) is 84.4 cm³/mol. The second-order valence-corrected chi connectivity index (χ2v) is 5.78. The Kier molecular flexibility index (Phi) is 6.17. The predicted octanol–water partition coefficient (Wildman–Crippen LogP) is 3.30. The fourth-order valence-electron chi connectivity index (χ4n) is 2.19. The lowest BCUT2D eigenvalue weighted by atomic mass is 9.90. The molecule has 0 aliphatic carbocycles. The molecular weight excluding hydrogens is 280 g/mol. The molecule has 1 aromatic carbocycles. The summed E-state index contributed by atoms with van der Waals surface area (Å²) in [4.78, 5) is 13.5. The van der Waals surface area contributed by atoms with E-state index in [1.165, 1.54) is 4.90 Å². The van der Waals surface area contributed by atoms with Crippen molar-refractivity contribution in [3.05, 3.63) is 24.3 Å². The van der Waals surface area contributed by atoms with E-state index in [4.69, 9.17) is 0 Å². The van der Waals surface area contributed by atoms with Gasteiger partial charge in [-0.25, -0.2) is 0 Å². The SMILES string of the molecule is CSc1ccc(NC(=O)C2(C)CCCCN2)cc1.Cl. The molecule has 0 radical (unpaired) electrons. The average molecular weight is 301 g/mol. The van der Waals surface area contributed by atoms with Crippen LogP contribution in [0.15, 0.2) is 29.2 Å². The smallest absolute Gasteiger partial charge is 0.244 e. The molecule has 5 heteroatoms. The molecule has 0 saturated carbocycles.